The monoisotopic (exact) mass is 349 g/mol. The summed E-state index contributed by atoms with van der Waals surface area (Å²) in [5.74, 6) is -0.306. The maximum absolute atomic E-state index is 12.0. The van der Waals surface area contributed by atoms with Crippen LogP contribution in [0.15, 0.2) is 24.3 Å². The molecule has 1 aromatic carbocycles. The van der Waals surface area contributed by atoms with Crippen molar-refractivity contribution in [1.82, 2.24) is 5.32 Å². The van der Waals surface area contributed by atoms with Gasteiger partial charge in [-0.25, -0.2) is 4.79 Å². The molecule has 0 aliphatic rings. The van der Waals surface area contributed by atoms with Crippen molar-refractivity contribution in [3.8, 4) is 0 Å². The quantitative estimate of drug-likeness (QED) is 0.735. The van der Waals surface area contributed by atoms with Gasteiger partial charge < -0.3 is 20.7 Å². The highest BCUT2D eigenvalue weighted by atomic mass is 16.6. The minimum absolute atomic E-state index is 0.122. The number of hydrogen-bond donors (Lipinski definition) is 3. The van der Waals surface area contributed by atoms with E-state index in [-0.39, 0.29) is 18.4 Å². The lowest BCUT2D eigenvalue weighted by atomic mass is 10.1. The van der Waals surface area contributed by atoms with Crippen LogP contribution >= 0.6 is 0 Å². The normalized spacial score (nSPS) is 11.0. The van der Waals surface area contributed by atoms with Gasteiger partial charge in [0.05, 0.1) is 11.4 Å². The Balaban J connectivity index is 2.60. The summed E-state index contributed by atoms with van der Waals surface area (Å²) >= 11 is 0. The Labute approximate surface area is 148 Å². The van der Waals surface area contributed by atoms with Gasteiger partial charge >= 0.3 is 6.09 Å². The smallest absolute Gasteiger partial charge is 0.408 e. The van der Waals surface area contributed by atoms with Gasteiger partial charge in [0.1, 0.15) is 12.1 Å². The maximum Gasteiger partial charge on any atom is 0.408 e. The van der Waals surface area contributed by atoms with Crippen molar-refractivity contribution < 1.29 is 19.1 Å². The Morgan fingerprint density at radius 2 is 1.52 bits per heavy atom. The SMILES string of the molecule is CC(C)CC(=O)Nc1ccccc1NC(=O)CNC(=O)OC(C)(C)C. The molecule has 7 heteroatoms. The number of benzene rings is 1. The fourth-order valence-electron chi connectivity index (χ4n) is 1.93. The lowest BCUT2D eigenvalue weighted by molar-refractivity contribution is -0.117. The van der Waals surface area contributed by atoms with Crippen LogP contribution in [-0.2, 0) is 14.3 Å². The number of rotatable bonds is 6. The van der Waals surface area contributed by atoms with E-state index in [1.807, 2.05) is 13.8 Å². The van der Waals surface area contributed by atoms with E-state index in [4.69, 9.17) is 4.74 Å². The molecule has 0 aliphatic heterocycles. The molecule has 0 saturated heterocycles. The highest BCUT2D eigenvalue weighted by Crippen LogP contribution is 2.21. The second-order valence-corrected chi connectivity index (χ2v) is 7.10. The molecule has 1 rings (SSSR count). The first-order valence-corrected chi connectivity index (χ1v) is 8.22. The van der Waals surface area contributed by atoms with Gasteiger partial charge in [-0.05, 0) is 38.8 Å². The Kier molecular flexibility index (Phi) is 7.42. The fraction of sp³-hybridized carbons (Fsp3) is 0.500. The molecule has 3 amide bonds. The van der Waals surface area contributed by atoms with E-state index >= 15 is 0 Å². The minimum atomic E-state index is -0.666. The van der Waals surface area contributed by atoms with E-state index in [1.54, 1.807) is 45.0 Å². The minimum Gasteiger partial charge on any atom is -0.444 e. The van der Waals surface area contributed by atoms with Gasteiger partial charge in [-0.2, -0.15) is 0 Å². The van der Waals surface area contributed by atoms with Gasteiger partial charge in [0.25, 0.3) is 0 Å². The topological polar surface area (TPSA) is 96.5 Å². The van der Waals surface area contributed by atoms with Crippen LogP contribution in [0.25, 0.3) is 0 Å². The van der Waals surface area contributed by atoms with Crippen molar-refractivity contribution in [2.45, 2.75) is 46.6 Å². The summed E-state index contributed by atoms with van der Waals surface area (Å²) in [6.07, 6.45) is -0.274. The number of para-hydroxylation sites is 2. The molecule has 0 aliphatic carbocycles. The second kappa shape index (κ2) is 9.05. The van der Waals surface area contributed by atoms with Crippen molar-refractivity contribution in [2.75, 3.05) is 17.2 Å². The third kappa shape index (κ3) is 8.74. The molecular weight excluding hydrogens is 322 g/mol. The molecule has 25 heavy (non-hydrogen) atoms. The van der Waals surface area contributed by atoms with Crippen LogP contribution in [0, 0.1) is 5.92 Å². The van der Waals surface area contributed by atoms with Crippen molar-refractivity contribution >= 4 is 29.3 Å². The molecule has 0 radical (unpaired) electrons. The molecule has 0 heterocycles. The van der Waals surface area contributed by atoms with Gasteiger partial charge in [-0.15, -0.1) is 0 Å². The van der Waals surface area contributed by atoms with Gasteiger partial charge in [0, 0.05) is 6.42 Å². The van der Waals surface area contributed by atoms with E-state index in [2.05, 4.69) is 16.0 Å². The molecule has 1 aromatic rings. The average Bonchev–Trinajstić information content (AvgIpc) is 2.44. The standard InChI is InChI=1S/C18H27N3O4/c1-12(2)10-15(22)20-13-8-6-7-9-14(13)21-16(23)11-19-17(24)25-18(3,4)5/h6-9,12H,10-11H2,1-5H3,(H,19,24)(H,20,22)(H,21,23). The van der Waals surface area contributed by atoms with Gasteiger partial charge in [-0.1, -0.05) is 26.0 Å². The third-order valence-electron chi connectivity index (χ3n) is 2.86. The fourth-order valence-corrected chi connectivity index (χ4v) is 1.93. The molecule has 0 spiro atoms. The molecule has 0 aromatic heterocycles. The van der Waals surface area contributed by atoms with Crippen molar-refractivity contribution in [2.24, 2.45) is 5.92 Å². The number of amides is 3. The molecule has 138 valence electrons. The summed E-state index contributed by atoms with van der Waals surface area (Å²) in [6, 6.07) is 6.89. The number of carbonyl (C=O) groups is 3. The van der Waals surface area contributed by atoms with Crippen LogP contribution in [0.3, 0.4) is 0 Å². The van der Waals surface area contributed by atoms with Crippen molar-refractivity contribution in [3.05, 3.63) is 24.3 Å². The summed E-state index contributed by atoms with van der Waals surface area (Å²) in [6.45, 7) is 8.89. The van der Waals surface area contributed by atoms with E-state index in [1.165, 1.54) is 0 Å². The van der Waals surface area contributed by atoms with Gasteiger partial charge in [-0.3, -0.25) is 9.59 Å². The molecule has 0 saturated carbocycles. The van der Waals surface area contributed by atoms with E-state index in [9.17, 15) is 14.4 Å². The van der Waals surface area contributed by atoms with E-state index in [0.717, 1.165) is 0 Å². The zero-order chi connectivity index (χ0) is 19.0. The maximum atomic E-state index is 12.0. The molecular formula is C18H27N3O4. The Morgan fingerprint density at radius 3 is 2.00 bits per heavy atom. The number of nitrogens with one attached hydrogen (secondary N) is 3. The first kappa shape index (κ1) is 20.5. The molecule has 0 fully saturated rings. The predicted octanol–water partition coefficient (Wildman–Crippen LogP) is 3.13. The highest BCUT2D eigenvalue weighted by molar-refractivity contribution is 6.00. The van der Waals surface area contributed by atoms with Crippen LogP contribution in [0.4, 0.5) is 16.2 Å². The molecule has 0 unspecified atom stereocenters. The second-order valence-electron chi connectivity index (χ2n) is 7.10. The largest absolute Gasteiger partial charge is 0.444 e. The molecule has 0 atom stereocenters. The van der Waals surface area contributed by atoms with Crippen molar-refractivity contribution in [3.63, 3.8) is 0 Å². The first-order valence-electron chi connectivity index (χ1n) is 8.22. The Bertz CT molecular complexity index is 621. The van der Waals surface area contributed by atoms with Gasteiger partial charge in [0.2, 0.25) is 11.8 Å². The van der Waals surface area contributed by atoms with Crippen LogP contribution in [0.1, 0.15) is 41.0 Å². The summed E-state index contributed by atoms with van der Waals surface area (Å²) < 4.78 is 5.06. The molecule has 3 N–H and O–H groups in total. The number of alkyl carbamates (subject to hydrolysis) is 1. The molecule has 7 nitrogen and oxygen atoms in total. The number of hydrogen-bond acceptors (Lipinski definition) is 4. The van der Waals surface area contributed by atoms with Crippen LogP contribution < -0.4 is 16.0 Å². The number of ether oxygens (including phenoxy) is 1. The summed E-state index contributed by atoms with van der Waals surface area (Å²) in [7, 11) is 0. The number of carbonyl (C=O) groups excluding carboxylic acids is 3. The van der Waals surface area contributed by atoms with E-state index < -0.39 is 17.6 Å². The Hall–Kier alpha value is -2.57. The summed E-state index contributed by atoms with van der Waals surface area (Å²) in [4.78, 5) is 35.5. The Morgan fingerprint density at radius 1 is 1.00 bits per heavy atom. The number of anilines is 2. The zero-order valence-electron chi connectivity index (χ0n) is 15.4. The van der Waals surface area contributed by atoms with E-state index in [0.29, 0.717) is 17.8 Å². The molecule has 0 bridgehead atoms. The lowest BCUT2D eigenvalue weighted by Gasteiger charge is -2.19. The van der Waals surface area contributed by atoms with Gasteiger partial charge in [0.15, 0.2) is 0 Å². The van der Waals surface area contributed by atoms with Crippen LogP contribution in [-0.4, -0.2) is 30.1 Å². The lowest BCUT2D eigenvalue weighted by Crippen LogP contribution is -2.37. The average molecular weight is 349 g/mol. The highest BCUT2D eigenvalue weighted by Gasteiger charge is 2.17. The third-order valence-corrected chi connectivity index (χ3v) is 2.86. The van der Waals surface area contributed by atoms with Crippen LogP contribution in [0.5, 0.6) is 0 Å². The van der Waals surface area contributed by atoms with Crippen LogP contribution in [0.2, 0.25) is 0 Å². The summed E-state index contributed by atoms with van der Waals surface area (Å²) in [5.41, 5.74) is 0.350. The van der Waals surface area contributed by atoms with Crippen molar-refractivity contribution in [1.29, 1.82) is 0 Å². The first-order chi connectivity index (χ1) is 11.6. The zero-order valence-corrected chi connectivity index (χ0v) is 15.4. The summed E-state index contributed by atoms with van der Waals surface area (Å²) in [5, 5.41) is 7.83. The predicted molar refractivity (Wildman–Crippen MR) is 97.4 cm³/mol.